The van der Waals surface area contributed by atoms with Gasteiger partial charge in [0.05, 0.1) is 0 Å². The van der Waals surface area contributed by atoms with E-state index in [1.165, 1.54) is 38.5 Å². The number of aliphatic hydroxyl groups excluding tert-OH is 1. The molecule has 0 aromatic carbocycles. The van der Waals surface area contributed by atoms with Crippen LogP contribution in [0.5, 0.6) is 0 Å². The normalized spacial score (nSPS) is 39.5. The van der Waals surface area contributed by atoms with E-state index in [2.05, 4.69) is 13.0 Å². The average Bonchev–Trinajstić information content (AvgIpc) is 2.16. The van der Waals surface area contributed by atoms with Gasteiger partial charge in [-0.15, -0.1) is 0 Å². The highest BCUT2D eigenvalue weighted by Crippen LogP contribution is 2.47. The quantitative estimate of drug-likeness (QED) is 0.615. The second-order valence-electron chi connectivity index (χ2n) is 4.94. The summed E-state index contributed by atoms with van der Waals surface area (Å²) in [6, 6.07) is 0. The van der Waals surface area contributed by atoms with Crippen molar-refractivity contribution >= 4 is 0 Å². The van der Waals surface area contributed by atoms with Gasteiger partial charge in [-0.1, -0.05) is 25.0 Å². The summed E-state index contributed by atoms with van der Waals surface area (Å²) in [5, 5.41) is 9.12. The fraction of sp³-hybridized carbons (Fsp3) is 0.833. The summed E-state index contributed by atoms with van der Waals surface area (Å²) in [7, 11) is 0. The Balaban J connectivity index is 2.18. The Morgan fingerprint density at radius 1 is 1.46 bits per heavy atom. The van der Waals surface area contributed by atoms with Gasteiger partial charge in [0.25, 0.3) is 0 Å². The minimum absolute atomic E-state index is 0.347. The molecular weight excluding hydrogens is 160 g/mol. The maximum atomic E-state index is 9.12. The molecule has 0 aromatic heterocycles. The van der Waals surface area contributed by atoms with Crippen LogP contribution in [0.4, 0.5) is 0 Å². The SMILES string of the molecule is CC12CCCCC1=CC(CO)CC2. The Kier molecular flexibility index (Phi) is 2.46. The Bertz CT molecular complexity index is 219. The summed E-state index contributed by atoms with van der Waals surface area (Å²) in [4.78, 5) is 0. The van der Waals surface area contributed by atoms with E-state index in [9.17, 15) is 0 Å². The summed E-state index contributed by atoms with van der Waals surface area (Å²) >= 11 is 0. The third kappa shape index (κ3) is 1.67. The molecule has 0 bridgehead atoms. The molecule has 74 valence electrons. The number of fused-ring (bicyclic) bond motifs is 1. The molecule has 0 saturated heterocycles. The van der Waals surface area contributed by atoms with E-state index in [0.29, 0.717) is 17.9 Å². The van der Waals surface area contributed by atoms with E-state index >= 15 is 0 Å². The number of aliphatic hydroxyl groups is 1. The van der Waals surface area contributed by atoms with E-state index in [4.69, 9.17) is 5.11 Å². The van der Waals surface area contributed by atoms with Crippen LogP contribution in [0.15, 0.2) is 11.6 Å². The largest absolute Gasteiger partial charge is 0.396 e. The van der Waals surface area contributed by atoms with Crippen LogP contribution >= 0.6 is 0 Å². The van der Waals surface area contributed by atoms with Gasteiger partial charge >= 0.3 is 0 Å². The van der Waals surface area contributed by atoms with Crippen LogP contribution < -0.4 is 0 Å². The van der Waals surface area contributed by atoms with Crippen LogP contribution in [-0.2, 0) is 0 Å². The minimum Gasteiger partial charge on any atom is -0.396 e. The minimum atomic E-state index is 0.347. The predicted octanol–water partition coefficient (Wildman–Crippen LogP) is 2.90. The lowest BCUT2D eigenvalue weighted by atomic mass is 9.64. The van der Waals surface area contributed by atoms with Gasteiger partial charge in [0.15, 0.2) is 0 Å². The zero-order valence-corrected chi connectivity index (χ0v) is 8.55. The molecule has 2 rings (SSSR count). The van der Waals surface area contributed by atoms with E-state index < -0.39 is 0 Å². The standard InChI is InChI=1S/C12H20O/c1-12-6-3-2-4-11(12)8-10(9-13)5-7-12/h8,10,13H,2-7,9H2,1H3. The number of rotatable bonds is 1. The summed E-state index contributed by atoms with van der Waals surface area (Å²) < 4.78 is 0. The van der Waals surface area contributed by atoms with Crippen LogP contribution in [0.2, 0.25) is 0 Å². The molecule has 13 heavy (non-hydrogen) atoms. The first kappa shape index (κ1) is 9.26. The van der Waals surface area contributed by atoms with Crippen molar-refractivity contribution in [2.45, 2.75) is 45.4 Å². The Labute approximate surface area is 80.8 Å². The number of hydrogen-bond acceptors (Lipinski definition) is 1. The van der Waals surface area contributed by atoms with Gasteiger partial charge < -0.3 is 5.11 Å². The molecule has 0 radical (unpaired) electrons. The lowest BCUT2D eigenvalue weighted by Crippen LogP contribution is -2.29. The molecule has 1 N–H and O–H groups in total. The third-order valence-electron chi connectivity index (χ3n) is 3.94. The predicted molar refractivity (Wildman–Crippen MR) is 54.5 cm³/mol. The van der Waals surface area contributed by atoms with E-state index in [1.54, 1.807) is 5.57 Å². The molecule has 0 heterocycles. The Hall–Kier alpha value is -0.300. The molecule has 1 fully saturated rings. The van der Waals surface area contributed by atoms with Crippen molar-refractivity contribution in [3.63, 3.8) is 0 Å². The maximum absolute atomic E-state index is 9.12. The lowest BCUT2D eigenvalue weighted by Gasteiger charge is -2.41. The van der Waals surface area contributed by atoms with Crippen LogP contribution in [0.1, 0.15) is 45.4 Å². The summed E-state index contributed by atoms with van der Waals surface area (Å²) in [5.74, 6) is 0.459. The van der Waals surface area contributed by atoms with Crippen molar-refractivity contribution in [2.75, 3.05) is 6.61 Å². The van der Waals surface area contributed by atoms with Crippen molar-refractivity contribution in [3.8, 4) is 0 Å². The number of allylic oxidation sites excluding steroid dienone is 1. The molecule has 2 unspecified atom stereocenters. The van der Waals surface area contributed by atoms with Crippen molar-refractivity contribution in [3.05, 3.63) is 11.6 Å². The van der Waals surface area contributed by atoms with Crippen molar-refractivity contribution in [1.29, 1.82) is 0 Å². The zero-order chi connectivity index (χ0) is 9.31. The third-order valence-corrected chi connectivity index (χ3v) is 3.94. The van der Waals surface area contributed by atoms with Gasteiger partial charge in [0, 0.05) is 12.5 Å². The topological polar surface area (TPSA) is 20.2 Å². The molecule has 2 atom stereocenters. The molecule has 1 heteroatoms. The fourth-order valence-electron chi connectivity index (χ4n) is 2.88. The molecule has 0 aliphatic heterocycles. The maximum Gasteiger partial charge on any atom is 0.0493 e. The van der Waals surface area contributed by atoms with Crippen molar-refractivity contribution in [2.24, 2.45) is 11.3 Å². The van der Waals surface area contributed by atoms with Gasteiger partial charge in [-0.25, -0.2) is 0 Å². The molecule has 2 aliphatic rings. The first-order chi connectivity index (χ1) is 6.24. The van der Waals surface area contributed by atoms with Gasteiger partial charge in [-0.2, -0.15) is 0 Å². The molecule has 1 saturated carbocycles. The smallest absolute Gasteiger partial charge is 0.0493 e. The number of hydrogen-bond donors (Lipinski definition) is 1. The average molecular weight is 180 g/mol. The van der Waals surface area contributed by atoms with Crippen molar-refractivity contribution < 1.29 is 5.11 Å². The van der Waals surface area contributed by atoms with Crippen LogP contribution in [0, 0.1) is 11.3 Å². The molecule has 2 aliphatic carbocycles. The van der Waals surface area contributed by atoms with Crippen LogP contribution in [0.25, 0.3) is 0 Å². The van der Waals surface area contributed by atoms with Gasteiger partial charge in [-0.05, 0) is 37.5 Å². The van der Waals surface area contributed by atoms with Gasteiger partial charge in [0.2, 0.25) is 0 Å². The molecular formula is C12H20O. The first-order valence-corrected chi connectivity index (χ1v) is 5.57. The highest BCUT2D eigenvalue weighted by Gasteiger charge is 2.34. The zero-order valence-electron chi connectivity index (χ0n) is 8.55. The molecule has 0 spiro atoms. The van der Waals surface area contributed by atoms with Gasteiger partial charge in [0.1, 0.15) is 0 Å². The van der Waals surface area contributed by atoms with Crippen molar-refractivity contribution in [1.82, 2.24) is 0 Å². The Morgan fingerprint density at radius 2 is 2.31 bits per heavy atom. The summed E-state index contributed by atoms with van der Waals surface area (Å²) in [6.07, 6.45) is 10.3. The highest BCUT2D eigenvalue weighted by atomic mass is 16.3. The Morgan fingerprint density at radius 3 is 3.08 bits per heavy atom. The molecule has 0 amide bonds. The monoisotopic (exact) mass is 180 g/mol. The second-order valence-corrected chi connectivity index (χ2v) is 4.94. The summed E-state index contributed by atoms with van der Waals surface area (Å²) in [6.45, 7) is 2.76. The molecule has 1 nitrogen and oxygen atoms in total. The van der Waals surface area contributed by atoms with Gasteiger partial charge in [-0.3, -0.25) is 0 Å². The first-order valence-electron chi connectivity index (χ1n) is 5.57. The molecule has 0 aromatic rings. The lowest BCUT2D eigenvalue weighted by molar-refractivity contribution is 0.191. The van der Waals surface area contributed by atoms with E-state index in [0.717, 1.165) is 0 Å². The fourth-order valence-corrected chi connectivity index (χ4v) is 2.88. The van der Waals surface area contributed by atoms with E-state index in [1.807, 2.05) is 0 Å². The van der Waals surface area contributed by atoms with Crippen LogP contribution in [-0.4, -0.2) is 11.7 Å². The second kappa shape index (κ2) is 3.45. The van der Waals surface area contributed by atoms with E-state index in [-0.39, 0.29) is 0 Å². The summed E-state index contributed by atoms with van der Waals surface area (Å²) in [5.41, 5.74) is 2.15. The highest BCUT2D eigenvalue weighted by molar-refractivity contribution is 5.20. The van der Waals surface area contributed by atoms with Crippen LogP contribution in [0.3, 0.4) is 0 Å².